The van der Waals surface area contributed by atoms with Crippen LogP contribution in [-0.4, -0.2) is 27.7 Å². The second kappa shape index (κ2) is 9.97. The molecule has 2 heterocycles. The summed E-state index contributed by atoms with van der Waals surface area (Å²) in [6, 6.07) is 20.4. The monoisotopic (exact) mass is 463 g/mol. The van der Waals surface area contributed by atoms with Crippen LogP contribution in [-0.2, 0) is 16.1 Å². The third-order valence-electron chi connectivity index (χ3n) is 4.80. The van der Waals surface area contributed by atoms with E-state index in [0.29, 0.717) is 39.5 Å². The van der Waals surface area contributed by atoms with E-state index in [-0.39, 0.29) is 11.9 Å². The molecule has 7 heteroatoms. The van der Waals surface area contributed by atoms with Crippen LogP contribution >= 0.6 is 24.0 Å². The molecule has 1 aliphatic rings. The van der Waals surface area contributed by atoms with Gasteiger partial charge in [0, 0.05) is 11.6 Å². The molecule has 0 bridgehead atoms. The summed E-state index contributed by atoms with van der Waals surface area (Å²) in [6.07, 6.45) is 2.49. The Kier molecular flexibility index (Phi) is 6.87. The lowest BCUT2D eigenvalue weighted by atomic mass is 10.1. The maximum Gasteiger partial charge on any atom is 0.338 e. The molecular weight excluding hydrogens is 442 g/mol. The molecule has 5 nitrogen and oxygen atoms in total. The third-order valence-corrected chi connectivity index (χ3v) is 6.18. The molecule has 0 radical (unpaired) electrons. The predicted octanol–water partition coefficient (Wildman–Crippen LogP) is 5.91. The van der Waals surface area contributed by atoms with E-state index in [0.717, 1.165) is 17.5 Å². The first-order valence-corrected chi connectivity index (χ1v) is 11.4. The van der Waals surface area contributed by atoms with Crippen LogP contribution in [0.4, 0.5) is 0 Å². The van der Waals surface area contributed by atoms with E-state index in [2.05, 4.69) is 0 Å². The van der Waals surface area contributed by atoms with Gasteiger partial charge in [-0.2, -0.15) is 0 Å². The number of ether oxygens (including phenoxy) is 1. The lowest BCUT2D eigenvalue weighted by Gasteiger charge is -2.14. The minimum absolute atomic E-state index is 0.128. The second-order valence-electron chi connectivity index (χ2n) is 7.17. The molecule has 3 aromatic rings. The number of carbonyl (C=O) groups excluding carboxylic acids is 2. The first-order valence-electron chi connectivity index (χ1n) is 10.2. The van der Waals surface area contributed by atoms with Crippen LogP contribution in [0.2, 0.25) is 0 Å². The van der Waals surface area contributed by atoms with Crippen molar-refractivity contribution in [2.45, 2.75) is 19.9 Å². The predicted molar refractivity (Wildman–Crippen MR) is 130 cm³/mol. The van der Waals surface area contributed by atoms with Crippen molar-refractivity contribution in [3.8, 4) is 11.3 Å². The Morgan fingerprint density at radius 1 is 1.09 bits per heavy atom. The van der Waals surface area contributed by atoms with Gasteiger partial charge in [0.1, 0.15) is 15.8 Å². The molecule has 0 saturated carbocycles. The molecule has 0 spiro atoms. The van der Waals surface area contributed by atoms with Crippen LogP contribution < -0.4 is 0 Å². The topological polar surface area (TPSA) is 59.8 Å². The van der Waals surface area contributed by atoms with Gasteiger partial charge in [0.05, 0.1) is 23.6 Å². The number of furan rings is 1. The highest BCUT2D eigenvalue weighted by Crippen LogP contribution is 2.34. The molecule has 32 heavy (non-hydrogen) atoms. The fraction of sp³-hybridized carbons (Fsp3) is 0.160. The summed E-state index contributed by atoms with van der Waals surface area (Å²) < 4.78 is 11.6. The van der Waals surface area contributed by atoms with E-state index in [1.54, 1.807) is 23.1 Å². The Bertz CT molecular complexity index is 1170. The highest BCUT2D eigenvalue weighted by Gasteiger charge is 2.32. The molecule has 1 aliphatic heterocycles. The molecule has 1 saturated heterocycles. The van der Waals surface area contributed by atoms with Crippen molar-refractivity contribution in [2.75, 3.05) is 6.61 Å². The van der Waals surface area contributed by atoms with Crippen LogP contribution in [0.3, 0.4) is 0 Å². The SMILES string of the molecule is CCCOC(=O)c1ccc(-c2ccc(/C=C3/SC(=S)N(Cc4ccccc4)C3=O)o2)cc1. The van der Waals surface area contributed by atoms with Crippen LogP contribution in [0.25, 0.3) is 17.4 Å². The van der Waals surface area contributed by atoms with Gasteiger partial charge < -0.3 is 9.15 Å². The van der Waals surface area contributed by atoms with Gasteiger partial charge >= 0.3 is 5.97 Å². The van der Waals surface area contributed by atoms with E-state index in [1.165, 1.54) is 11.8 Å². The smallest absolute Gasteiger partial charge is 0.338 e. The number of benzene rings is 2. The standard InChI is InChI=1S/C25H21NO4S2/c1-2-14-29-24(28)19-10-8-18(9-11-19)21-13-12-20(30-21)15-22-23(27)26(25(31)32-22)16-17-6-4-3-5-7-17/h3-13,15H,2,14,16H2,1H3/b22-15+. The lowest BCUT2D eigenvalue weighted by molar-refractivity contribution is -0.122. The van der Waals surface area contributed by atoms with Crippen molar-refractivity contribution in [2.24, 2.45) is 0 Å². The maximum absolute atomic E-state index is 12.8. The highest BCUT2D eigenvalue weighted by atomic mass is 32.2. The van der Waals surface area contributed by atoms with Crippen molar-refractivity contribution in [3.63, 3.8) is 0 Å². The number of hydrogen-bond donors (Lipinski definition) is 0. The molecule has 1 aromatic heterocycles. The third kappa shape index (κ3) is 5.00. The van der Waals surface area contributed by atoms with Gasteiger partial charge in [-0.1, -0.05) is 73.4 Å². The number of hydrogen-bond acceptors (Lipinski definition) is 6. The zero-order valence-corrected chi connectivity index (χ0v) is 19.1. The van der Waals surface area contributed by atoms with Crippen LogP contribution in [0.1, 0.15) is 35.0 Å². The summed E-state index contributed by atoms with van der Waals surface area (Å²) >= 11 is 6.68. The number of amides is 1. The minimum Gasteiger partial charge on any atom is -0.462 e. The fourth-order valence-electron chi connectivity index (χ4n) is 3.17. The number of esters is 1. The van der Waals surface area contributed by atoms with Crippen molar-refractivity contribution in [1.82, 2.24) is 4.90 Å². The van der Waals surface area contributed by atoms with Crippen molar-refractivity contribution < 1.29 is 18.7 Å². The molecule has 1 amide bonds. The Morgan fingerprint density at radius 2 is 1.84 bits per heavy atom. The molecule has 0 aliphatic carbocycles. The van der Waals surface area contributed by atoms with Gasteiger partial charge in [-0.15, -0.1) is 0 Å². The average molecular weight is 464 g/mol. The zero-order chi connectivity index (χ0) is 22.5. The first-order chi connectivity index (χ1) is 15.5. The van der Waals surface area contributed by atoms with Gasteiger partial charge in [-0.25, -0.2) is 4.79 Å². The molecule has 0 unspecified atom stereocenters. The fourth-order valence-corrected chi connectivity index (χ4v) is 4.40. The lowest BCUT2D eigenvalue weighted by Crippen LogP contribution is -2.27. The van der Waals surface area contributed by atoms with Gasteiger partial charge in [0.2, 0.25) is 0 Å². The second-order valence-corrected chi connectivity index (χ2v) is 8.84. The minimum atomic E-state index is -0.337. The number of rotatable bonds is 7. The number of thioether (sulfide) groups is 1. The quantitative estimate of drug-likeness (QED) is 0.246. The normalized spacial score (nSPS) is 14.9. The number of carbonyl (C=O) groups is 2. The summed E-state index contributed by atoms with van der Waals surface area (Å²) in [5.74, 6) is 0.740. The van der Waals surface area contributed by atoms with E-state index >= 15 is 0 Å². The Balaban J connectivity index is 1.46. The Labute approximate surface area is 196 Å². The molecule has 2 aromatic carbocycles. The van der Waals surface area contributed by atoms with E-state index < -0.39 is 0 Å². The van der Waals surface area contributed by atoms with Gasteiger partial charge in [0.15, 0.2) is 0 Å². The van der Waals surface area contributed by atoms with E-state index in [1.807, 2.05) is 61.5 Å². The van der Waals surface area contributed by atoms with Crippen LogP contribution in [0, 0.1) is 0 Å². The van der Waals surface area contributed by atoms with Crippen molar-refractivity contribution in [3.05, 3.63) is 88.5 Å². The van der Waals surface area contributed by atoms with Gasteiger partial charge in [-0.05, 0) is 36.2 Å². The van der Waals surface area contributed by atoms with Gasteiger partial charge in [-0.3, -0.25) is 9.69 Å². The summed E-state index contributed by atoms with van der Waals surface area (Å²) in [7, 11) is 0. The van der Waals surface area contributed by atoms with Crippen molar-refractivity contribution >= 4 is 46.3 Å². The maximum atomic E-state index is 12.8. The van der Waals surface area contributed by atoms with E-state index in [4.69, 9.17) is 21.4 Å². The number of nitrogens with zero attached hydrogens (tertiary/aromatic N) is 1. The molecule has 0 atom stereocenters. The summed E-state index contributed by atoms with van der Waals surface area (Å²) in [5, 5.41) is 0. The largest absolute Gasteiger partial charge is 0.462 e. The van der Waals surface area contributed by atoms with Crippen LogP contribution in [0.15, 0.2) is 76.1 Å². The number of thiocarbonyl (C=S) groups is 1. The average Bonchev–Trinajstić information content (AvgIpc) is 3.38. The molecule has 4 rings (SSSR count). The summed E-state index contributed by atoms with van der Waals surface area (Å²) in [4.78, 5) is 26.9. The van der Waals surface area contributed by atoms with Gasteiger partial charge in [0.25, 0.3) is 5.91 Å². The highest BCUT2D eigenvalue weighted by molar-refractivity contribution is 8.26. The summed E-state index contributed by atoms with van der Waals surface area (Å²) in [6.45, 7) is 2.80. The Hall–Kier alpha value is -3.16. The van der Waals surface area contributed by atoms with Crippen molar-refractivity contribution in [1.29, 1.82) is 0 Å². The van der Waals surface area contributed by atoms with Crippen LogP contribution in [0.5, 0.6) is 0 Å². The zero-order valence-electron chi connectivity index (χ0n) is 17.4. The first kappa shape index (κ1) is 22.0. The molecular formula is C25H21NO4S2. The molecule has 1 fully saturated rings. The Morgan fingerprint density at radius 3 is 2.56 bits per heavy atom. The van der Waals surface area contributed by atoms with E-state index in [9.17, 15) is 9.59 Å². The molecule has 0 N–H and O–H groups in total. The summed E-state index contributed by atoms with van der Waals surface area (Å²) in [5.41, 5.74) is 2.34. The molecule has 162 valence electrons.